The van der Waals surface area contributed by atoms with E-state index in [9.17, 15) is 14.4 Å². The van der Waals surface area contributed by atoms with Gasteiger partial charge in [-0.3, -0.25) is 14.4 Å². The lowest BCUT2D eigenvalue weighted by Gasteiger charge is -2.36. The highest BCUT2D eigenvalue weighted by Gasteiger charge is 2.33. The number of rotatable bonds is 3. The molecule has 1 saturated heterocycles. The van der Waals surface area contributed by atoms with Crippen LogP contribution in [0.15, 0.2) is 23.0 Å². The van der Waals surface area contributed by atoms with E-state index in [1.54, 1.807) is 28.0 Å². The van der Waals surface area contributed by atoms with E-state index in [0.29, 0.717) is 66.6 Å². The fourth-order valence-electron chi connectivity index (χ4n) is 4.71. The first kappa shape index (κ1) is 20.5. The molecule has 9 nitrogen and oxygen atoms in total. The highest BCUT2D eigenvalue weighted by atomic mass is 16.7. The van der Waals surface area contributed by atoms with Gasteiger partial charge in [-0.2, -0.15) is 0 Å². The zero-order chi connectivity index (χ0) is 22.2. The number of fused-ring (bicyclic) bond motifs is 2. The molecule has 1 aromatic carbocycles. The maximum Gasteiger partial charge on any atom is 0.254 e. The van der Waals surface area contributed by atoms with E-state index in [0.717, 1.165) is 19.3 Å². The van der Waals surface area contributed by atoms with Gasteiger partial charge >= 0.3 is 0 Å². The number of carbonyl (C=O) groups is 2. The zero-order valence-electron chi connectivity index (χ0n) is 18.1. The summed E-state index contributed by atoms with van der Waals surface area (Å²) in [7, 11) is 0. The first-order chi connectivity index (χ1) is 15.5. The fraction of sp³-hybridized carbons (Fsp3) is 0.478. The average Bonchev–Trinajstić information content (AvgIpc) is 3.30. The Morgan fingerprint density at radius 2 is 2.03 bits per heavy atom. The van der Waals surface area contributed by atoms with Crippen molar-refractivity contribution in [2.24, 2.45) is 0 Å². The van der Waals surface area contributed by atoms with Gasteiger partial charge in [0.2, 0.25) is 12.7 Å². The molecular formula is C23H26N4O5. The molecule has 0 radical (unpaired) electrons. The van der Waals surface area contributed by atoms with Crippen LogP contribution in [0.25, 0.3) is 0 Å². The summed E-state index contributed by atoms with van der Waals surface area (Å²) in [5.41, 5.74) is 1.62. The second-order valence-corrected chi connectivity index (χ2v) is 8.37. The van der Waals surface area contributed by atoms with Crippen LogP contribution in [0.5, 0.6) is 11.5 Å². The van der Waals surface area contributed by atoms with Crippen molar-refractivity contribution in [3.63, 3.8) is 0 Å². The van der Waals surface area contributed by atoms with Gasteiger partial charge in [-0.15, -0.1) is 0 Å². The Balaban J connectivity index is 1.45. The number of H-pyrrole nitrogens is 1. The number of aromatic nitrogens is 2. The first-order valence-electron chi connectivity index (χ1n) is 11.2. The molecule has 0 aliphatic carbocycles. The lowest BCUT2D eigenvalue weighted by atomic mass is 9.99. The van der Waals surface area contributed by atoms with Gasteiger partial charge in [0.15, 0.2) is 11.5 Å². The molecule has 3 aliphatic rings. The Kier molecular flexibility index (Phi) is 5.32. The van der Waals surface area contributed by atoms with Gasteiger partial charge in [0, 0.05) is 30.6 Å². The van der Waals surface area contributed by atoms with Crippen LogP contribution in [-0.2, 0) is 17.8 Å². The molecule has 2 amide bonds. The number of aromatic amines is 1. The summed E-state index contributed by atoms with van der Waals surface area (Å²) < 4.78 is 10.8. The molecule has 4 heterocycles. The molecule has 0 spiro atoms. The summed E-state index contributed by atoms with van der Waals surface area (Å²) in [6.45, 7) is 3.43. The van der Waals surface area contributed by atoms with Crippen molar-refractivity contribution in [2.75, 3.05) is 19.9 Å². The molecule has 5 rings (SSSR count). The quantitative estimate of drug-likeness (QED) is 0.788. The second-order valence-electron chi connectivity index (χ2n) is 8.37. The molecule has 1 N–H and O–H groups in total. The number of carbonyl (C=O) groups excluding carboxylic acids is 2. The largest absolute Gasteiger partial charge is 0.454 e. The van der Waals surface area contributed by atoms with Crippen molar-refractivity contribution >= 4 is 11.8 Å². The van der Waals surface area contributed by atoms with Gasteiger partial charge in [0.1, 0.15) is 5.82 Å². The Bertz CT molecular complexity index is 1130. The molecule has 32 heavy (non-hydrogen) atoms. The number of ether oxygens (including phenoxy) is 2. The van der Waals surface area contributed by atoms with Gasteiger partial charge in [0.25, 0.3) is 11.5 Å². The Morgan fingerprint density at radius 1 is 1.19 bits per heavy atom. The number of likely N-dealkylation sites (tertiary alicyclic amines) is 1. The number of nitrogens with one attached hydrogen (secondary N) is 1. The van der Waals surface area contributed by atoms with Crippen LogP contribution in [0.3, 0.4) is 0 Å². The molecule has 168 valence electrons. The number of hydrogen-bond donors (Lipinski definition) is 1. The van der Waals surface area contributed by atoms with Gasteiger partial charge < -0.3 is 24.3 Å². The van der Waals surface area contributed by atoms with Crippen molar-refractivity contribution < 1.29 is 19.1 Å². The van der Waals surface area contributed by atoms with Crippen molar-refractivity contribution in [2.45, 2.75) is 51.6 Å². The summed E-state index contributed by atoms with van der Waals surface area (Å²) in [6, 6.07) is 4.86. The second kappa shape index (κ2) is 8.29. The van der Waals surface area contributed by atoms with Crippen molar-refractivity contribution in [3.05, 3.63) is 51.2 Å². The fourth-order valence-corrected chi connectivity index (χ4v) is 4.71. The SMILES string of the molecule is CCC(=O)N1CCc2c(nc(C3CCCCN3C(=O)c3ccc4c(c3)OCO4)[nH]c2=O)C1. The summed E-state index contributed by atoms with van der Waals surface area (Å²) in [4.78, 5) is 49.6. The van der Waals surface area contributed by atoms with E-state index in [4.69, 9.17) is 14.5 Å². The third-order valence-corrected chi connectivity index (χ3v) is 6.45. The zero-order valence-corrected chi connectivity index (χ0v) is 18.1. The van der Waals surface area contributed by atoms with Crippen LogP contribution in [0.2, 0.25) is 0 Å². The van der Waals surface area contributed by atoms with Crippen molar-refractivity contribution in [1.82, 2.24) is 19.8 Å². The number of amides is 2. The van der Waals surface area contributed by atoms with E-state index in [1.807, 2.05) is 6.92 Å². The Hall–Kier alpha value is -3.36. The van der Waals surface area contributed by atoms with Gasteiger partial charge in [0.05, 0.1) is 18.3 Å². The van der Waals surface area contributed by atoms with E-state index in [2.05, 4.69) is 4.98 Å². The van der Waals surface area contributed by atoms with Crippen molar-refractivity contribution in [1.29, 1.82) is 0 Å². The highest BCUT2D eigenvalue weighted by Crippen LogP contribution is 2.35. The molecular weight excluding hydrogens is 412 g/mol. The van der Waals surface area contributed by atoms with Crippen LogP contribution < -0.4 is 15.0 Å². The van der Waals surface area contributed by atoms with E-state index >= 15 is 0 Å². The lowest BCUT2D eigenvalue weighted by molar-refractivity contribution is -0.131. The maximum absolute atomic E-state index is 13.4. The number of nitrogens with zero attached hydrogens (tertiary/aromatic N) is 3. The molecule has 3 aliphatic heterocycles. The minimum atomic E-state index is -0.322. The van der Waals surface area contributed by atoms with E-state index < -0.39 is 0 Å². The Morgan fingerprint density at radius 3 is 2.88 bits per heavy atom. The predicted molar refractivity (Wildman–Crippen MR) is 114 cm³/mol. The molecule has 1 fully saturated rings. The smallest absolute Gasteiger partial charge is 0.254 e. The minimum Gasteiger partial charge on any atom is -0.454 e. The van der Waals surface area contributed by atoms with Gasteiger partial charge in [-0.05, 0) is 43.9 Å². The molecule has 0 saturated carbocycles. The van der Waals surface area contributed by atoms with Crippen LogP contribution in [0.4, 0.5) is 0 Å². The average molecular weight is 438 g/mol. The number of hydrogen-bond acceptors (Lipinski definition) is 6. The minimum absolute atomic E-state index is 0.0524. The maximum atomic E-state index is 13.4. The molecule has 0 bridgehead atoms. The summed E-state index contributed by atoms with van der Waals surface area (Å²) >= 11 is 0. The van der Waals surface area contributed by atoms with Crippen LogP contribution in [0, 0.1) is 0 Å². The van der Waals surface area contributed by atoms with Crippen LogP contribution >= 0.6 is 0 Å². The molecule has 1 unspecified atom stereocenters. The summed E-state index contributed by atoms with van der Waals surface area (Å²) in [6.07, 6.45) is 3.47. The monoisotopic (exact) mass is 438 g/mol. The number of benzene rings is 1. The van der Waals surface area contributed by atoms with Crippen LogP contribution in [0.1, 0.15) is 66.1 Å². The summed E-state index contributed by atoms with van der Waals surface area (Å²) in [5, 5.41) is 0. The Labute approximate surface area is 185 Å². The normalized spacial score (nSPS) is 19.6. The van der Waals surface area contributed by atoms with Gasteiger partial charge in [-0.1, -0.05) is 6.92 Å². The molecule has 1 atom stereocenters. The lowest BCUT2D eigenvalue weighted by Crippen LogP contribution is -2.42. The predicted octanol–water partition coefficient (Wildman–Crippen LogP) is 2.16. The summed E-state index contributed by atoms with van der Waals surface area (Å²) in [5.74, 6) is 1.61. The first-order valence-corrected chi connectivity index (χ1v) is 11.2. The molecule has 9 heteroatoms. The standard InChI is InChI=1S/C23H26N4O5/c1-2-20(28)26-10-8-15-16(12-26)24-21(25-22(15)29)17-5-3-4-9-27(17)23(30)14-6-7-18-19(11-14)32-13-31-18/h6-7,11,17H,2-5,8-10,12-13H2,1H3,(H,24,25,29). The molecule has 1 aromatic heterocycles. The topological polar surface area (TPSA) is 105 Å². The number of piperidine rings is 1. The third-order valence-electron chi connectivity index (χ3n) is 6.45. The van der Waals surface area contributed by atoms with Gasteiger partial charge in [-0.25, -0.2) is 4.98 Å². The van der Waals surface area contributed by atoms with E-state index in [1.165, 1.54) is 0 Å². The van der Waals surface area contributed by atoms with Crippen molar-refractivity contribution in [3.8, 4) is 11.5 Å². The molecule has 2 aromatic rings. The third kappa shape index (κ3) is 3.61. The highest BCUT2D eigenvalue weighted by molar-refractivity contribution is 5.95. The van der Waals surface area contributed by atoms with E-state index in [-0.39, 0.29) is 30.2 Å². The van der Waals surface area contributed by atoms with Crippen LogP contribution in [-0.4, -0.2) is 51.5 Å².